The van der Waals surface area contributed by atoms with E-state index in [0.29, 0.717) is 13.0 Å². The van der Waals surface area contributed by atoms with E-state index in [1.165, 1.54) is 25.9 Å². The van der Waals surface area contributed by atoms with Gasteiger partial charge < -0.3 is 14.7 Å². The van der Waals surface area contributed by atoms with Gasteiger partial charge in [-0.2, -0.15) is 0 Å². The van der Waals surface area contributed by atoms with E-state index in [4.69, 9.17) is 4.74 Å². The summed E-state index contributed by atoms with van der Waals surface area (Å²) in [5.74, 6) is 0.924. The Kier molecular flexibility index (Phi) is 4.56. The van der Waals surface area contributed by atoms with Crippen LogP contribution in [0.1, 0.15) is 47.2 Å². The summed E-state index contributed by atoms with van der Waals surface area (Å²) in [4.78, 5) is 14.2. The van der Waals surface area contributed by atoms with Crippen molar-refractivity contribution in [3.63, 3.8) is 0 Å². The number of fused-ring (bicyclic) bond motifs is 1. The number of hydrogen-bond donors (Lipinski definition) is 1. The van der Waals surface area contributed by atoms with Crippen molar-refractivity contribution in [1.29, 1.82) is 0 Å². The molecule has 114 valence electrons. The third kappa shape index (κ3) is 3.27. The van der Waals surface area contributed by atoms with Crippen LogP contribution in [0.2, 0.25) is 0 Å². The third-order valence-corrected chi connectivity index (χ3v) is 4.45. The number of aliphatic hydroxyl groups is 1. The van der Waals surface area contributed by atoms with Crippen molar-refractivity contribution in [3.8, 4) is 5.75 Å². The second kappa shape index (κ2) is 6.58. The van der Waals surface area contributed by atoms with Gasteiger partial charge in [0.25, 0.3) is 0 Å². The molecular formula is C17H23NO3. The predicted octanol–water partition coefficient (Wildman–Crippen LogP) is 2.17. The fraction of sp³-hybridized carbons (Fsp3) is 0.588. The van der Waals surface area contributed by atoms with Crippen molar-refractivity contribution in [3.05, 3.63) is 28.8 Å². The van der Waals surface area contributed by atoms with Crippen LogP contribution in [0.15, 0.2) is 12.1 Å². The predicted molar refractivity (Wildman–Crippen MR) is 80.8 cm³/mol. The molecule has 1 aliphatic carbocycles. The highest BCUT2D eigenvalue weighted by molar-refractivity contribution is 6.00. The summed E-state index contributed by atoms with van der Waals surface area (Å²) in [6.07, 6.45) is 5.01. The lowest BCUT2D eigenvalue weighted by Crippen LogP contribution is -2.22. The lowest BCUT2D eigenvalue weighted by atomic mass is 10.1. The number of aliphatic hydroxyl groups excluding tert-OH is 1. The maximum Gasteiger partial charge on any atom is 0.163 e. The summed E-state index contributed by atoms with van der Waals surface area (Å²) >= 11 is 0. The maximum absolute atomic E-state index is 11.7. The Morgan fingerprint density at radius 3 is 2.76 bits per heavy atom. The van der Waals surface area contributed by atoms with Gasteiger partial charge in [-0.05, 0) is 56.5 Å². The molecule has 1 fully saturated rings. The lowest BCUT2D eigenvalue weighted by Gasteiger charge is -2.16. The highest BCUT2D eigenvalue weighted by atomic mass is 16.5. The minimum atomic E-state index is -0.0813. The summed E-state index contributed by atoms with van der Waals surface area (Å²) in [5, 5.41) is 9.47. The topological polar surface area (TPSA) is 49.8 Å². The molecule has 4 heteroatoms. The third-order valence-electron chi connectivity index (χ3n) is 4.45. The number of rotatable bonds is 6. The zero-order valence-electron chi connectivity index (χ0n) is 12.4. The largest absolute Gasteiger partial charge is 0.493 e. The van der Waals surface area contributed by atoms with Gasteiger partial charge in [-0.25, -0.2) is 0 Å². The number of likely N-dealkylation sites (tertiary alicyclic amines) is 1. The monoisotopic (exact) mass is 289 g/mol. The normalized spacial score (nSPS) is 18.2. The summed E-state index contributed by atoms with van der Waals surface area (Å²) < 4.78 is 5.85. The number of carbonyl (C=O) groups is 1. The Morgan fingerprint density at radius 1 is 1.19 bits per heavy atom. The second-order valence-electron chi connectivity index (χ2n) is 5.95. The molecule has 1 aromatic rings. The summed E-state index contributed by atoms with van der Waals surface area (Å²) in [7, 11) is 0. The number of nitrogens with zero attached hydrogens (tertiary/aromatic N) is 1. The van der Waals surface area contributed by atoms with E-state index < -0.39 is 0 Å². The zero-order valence-corrected chi connectivity index (χ0v) is 12.4. The summed E-state index contributed by atoms with van der Waals surface area (Å²) in [6.45, 7) is 4.09. The van der Waals surface area contributed by atoms with Gasteiger partial charge in [0.1, 0.15) is 5.75 Å². The van der Waals surface area contributed by atoms with Gasteiger partial charge in [-0.1, -0.05) is 0 Å². The number of Topliss-reactive ketones (excluding diaryl/α,β-unsaturated/α-hetero) is 1. The molecule has 1 saturated heterocycles. The van der Waals surface area contributed by atoms with Gasteiger partial charge in [0.05, 0.1) is 13.2 Å². The molecule has 3 rings (SSSR count). The SMILES string of the molecule is O=C1CCc2cc(OCCCN3CCCC3)c(CO)cc21. The van der Waals surface area contributed by atoms with Crippen molar-refractivity contribution >= 4 is 5.78 Å². The molecule has 0 atom stereocenters. The van der Waals surface area contributed by atoms with E-state index in [9.17, 15) is 9.90 Å². The molecule has 0 radical (unpaired) electrons. The van der Waals surface area contributed by atoms with Crippen LogP contribution in [-0.4, -0.2) is 42.0 Å². The number of ether oxygens (including phenoxy) is 1. The molecule has 0 aromatic heterocycles. The van der Waals surface area contributed by atoms with Crippen LogP contribution in [0.4, 0.5) is 0 Å². The maximum atomic E-state index is 11.7. The van der Waals surface area contributed by atoms with Crippen LogP contribution in [0.5, 0.6) is 5.75 Å². The number of ketones is 1. The molecule has 4 nitrogen and oxygen atoms in total. The van der Waals surface area contributed by atoms with Crippen LogP contribution in [0.3, 0.4) is 0 Å². The van der Waals surface area contributed by atoms with Gasteiger partial charge in [0, 0.05) is 24.1 Å². The first kappa shape index (κ1) is 14.5. The van der Waals surface area contributed by atoms with Gasteiger partial charge in [0.2, 0.25) is 0 Å². The molecule has 1 heterocycles. The van der Waals surface area contributed by atoms with E-state index >= 15 is 0 Å². The summed E-state index contributed by atoms with van der Waals surface area (Å²) in [5.41, 5.74) is 2.56. The van der Waals surface area contributed by atoms with Gasteiger partial charge in [0.15, 0.2) is 5.78 Å². The Morgan fingerprint density at radius 2 is 2.00 bits per heavy atom. The van der Waals surface area contributed by atoms with Gasteiger partial charge in [-0.3, -0.25) is 4.79 Å². The van der Waals surface area contributed by atoms with E-state index in [1.807, 2.05) is 6.07 Å². The highest BCUT2D eigenvalue weighted by Gasteiger charge is 2.22. The average Bonchev–Trinajstić information content (AvgIpc) is 3.13. The number of hydrogen-bond acceptors (Lipinski definition) is 4. The number of aryl methyl sites for hydroxylation is 1. The lowest BCUT2D eigenvalue weighted by molar-refractivity contribution is 0.0994. The molecule has 1 aliphatic heterocycles. The molecule has 0 saturated carbocycles. The minimum Gasteiger partial charge on any atom is -0.493 e. The summed E-state index contributed by atoms with van der Waals surface area (Å²) in [6, 6.07) is 3.75. The number of carbonyl (C=O) groups excluding carboxylic acids is 1. The van der Waals surface area contributed by atoms with E-state index in [-0.39, 0.29) is 12.4 Å². The van der Waals surface area contributed by atoms with Crippen molar-refractivity contribution in [2.24, 2.45) is 0 Å². The molecule has 1 aromatic carbocycles. The first-order chi connectivity index (χ1) is 10.3. The Balaban J connectivity index is 1.58. The first-order valence-electron chi connectivity index (χ1n) is 7.93. The highest BCUT2D eigenvalue weighted by Crippen LogP contribution is 2.30. The molecule has 0 amide bonds. The molecular weight excluding hydrogens is 266 g/mol. The molecule has 1 N–H and O–H groups in total. The fourth-order valence-corrected chi connectivity index (χ4v) is 3.25. The van der Waals surface area contributed by atoms with Crippen LogP contribution >= 0.6 is 0 Å². The Hall–Kier alpha value is -1.39. The zero-order chi connectivity index (χ0) is 14.7. The smallest absolute Gasteiger partial charge is 0.163 e. The van der Waals surface area contributed by atoms with E-state index in [1.54, 1.807) is 6.07 Å². The minimum absolute atomic E-state index is 0.0813. The molecule has 21 heavy (non-hydrogen) atoms. The molecule has 2 aliphatic rings. The van der Waals surface area contributed by atoms with Crippen LogP contribution in [0.25, 0.3) is 0 Å². The average molecular weight is 289 g/mol. The molecule has 0 unspecified atom stereocenters. The van der Waals surface area contributed by atoms with Crippen LogP contribution < -0.4 is 4.74 Å². The number of benzene rings is 1. The van der Waals surface area contributed by atoms with Crippen molar-refractivity contribution < 1.29 is 14.6 Å². The van der Waals surface area contributed by atoms with Crippen LogP contribution in [-0.2, 0) is 13.0 Å². The van der Waals surface area contributed by atoms with Gasteiger partial charge in [-0.15, -0.1) is 0 Å². The van der Waals surface area contributed by atoms with Crippen molar-refractivity contribution in [2.45, 2.75) is 38.7 Å². The standard InChI is InChI=1S/C17H23NO3/c19-12-14-10-15-13(4-5-16(15)20)11-17(14)21-9-3-8-18-6-1-2-7-18/h10-11,19H,1-9,12H2. The molecule has 0 bridgehead atoms. The Bertz CT molecular complexity index is 521. The first-order valence-corrected chi connectivity index (χ1v) is 7.93. The molecule has 0 spiro atoms. The van der Waals surface area contributed by atoms with Gasteiger partial charge >= 0.3 is 0 Å². The van der Waals surface area contributed by atoms with Crippen molar-refractivity contribution in [1.82, 2.24) is 4.90 Å². The van der Waals surface area contributed by atoms with E-state index in [2.05, 4.69) is 4.90 Å². The quantitative estimate of drug-likeness (QED) is 0.816. The second-order valence-corrected chi connectivity index (χ2v) is 5.95. The van der Waals surface area contributed by atoms with E-state index in [0.717, 1.165) is 41.8 Å². The fourth-order valence-electron chi connectivity index (χ4n) is 3.25. The van der Waals surface area contributed by atoms with Crippen molar-refractivity contribution in [2.75, 3.05) is 26.2 Å². The Labute approximate surface area is 125 Å². The van der Waals surface area contributed by atoms with Crippen LogP contribution in [0, 0.1) is 0 Å².